The highest BCUT2D eigenvalue weighted by Crippen LogP contribution is 2.20. The normalized spacial score (nSPS) is 12.1. The molecule has 7 nitrogen and oxygen atoms in total. The monoisotopic (exact) mass is 535 g/mol. The standard InChI is InChI=1S/C19H26FN5O2S.HI/c1-13(27-4)18-24-14(12-28-18)11-25(3)19(21-2)23-10-9-22-17(26)15-7-5-6-8-16(15)20;/h5-8,12-13H,9-11H2,1-4H3,(H,21,23)(H,22,26);1H. The van der Waals surface area contributed by atoms with Gasteiger partial charge >= 0.3 is 0 Å². The summed E-state index contributed by atoms with van der Waals surface area (Å²) in [5, 5.41) is 8.80. The highest BCUT2D eigenvalue weighted by atomic mass is 127. The number of carbonyl (C=O) groups is 1. The van der Waals surface area contributed by atoms with Gasteiger partial charge in [-0.3, -0.25) is 9.79 Å². The molecule has 0 aliphatic carbocycles. The number of carbonyl (C=O) groups excluding carboxylic acids is 1. The fourth-order valence-corrected chi connectivity index (χ4v) is 3.32. The van der Waals surface area contributed by atoms with Crippen LogP contribution in [0.4, 0.5) is 4.39 Å². The molecule has 29 heavy (non-hydrogen) atoms. The van der Waals surface area contributed by atoms with Crippen molar-refractivity contribution in [1.82, 2.24) is 20.5 Å². The van der Waals surface area contributed by atoms with Crippen LogP contribution >= 0.6 is 35.3 Å². The van der Waals surface area contributed by atoms with Crippen molar-refractivity contribution in [1.29, 1.82) is 0 Å². The molecule has 1 heterocycles. The lowest BCUT2D eigenvalue weighted by Crippen LogP contribution is -2.42. The van der Waals surface area contributed by atoms with Gasteiger partial charge in [0.25, 0.3) is 5.91 Å². The van der Waals surface area contributed by atoms with Gasteiger partial charge < -0.3 is 20.3 Å². The minimum atomic E-state index is -0.533. The van der Waals surface area contributed by atoms with Crippen molar-refractivity contribution >= 4 is 47.2 Å². The number of guanidine groups is 1. The summed E-state index contributed by atoms with van der Waals surface area (Å²) in [6.07, 6.45) is -0.0282. The number of thiazole rings is 1. The summed E-state index contributed by atoms with van der Waals surface area (Å²) in [6, 6.07) is 5.90. The Morgan fingerprint density at radius 2 is 2.03 bits per heavy atom. The molecule has 2 aromatic rings. The molecule has 0 aliphatic heterocycles. The maximum absolute atomic E-state index is 13.6. The third kappa shape index (κ3) is 7.52. The fourth-order valence-electron chi connectivity index (χ4n) is 2.48. The van der Waals surface area contributed by atoms with Crippen molar-refractivity contribution in [2.24, 2.45) is 4.99 Å². The second-order valence-corrected chi connectivity index (χ2v) is 7.01. The minimum Gasteiger partial charge on any atom is -0.375 e. The van der Waals surface area contributed by atoms with Crippen LogP contribution in [-0.2, 0) is 11.3 Å². The Morgan fingerprint density at radius 1 is 1.34 bits per heavy atom. The van der Waals surface area contributed by atoms with Gasteiger partial charge in [-0.2, -0.15) is 0 Å². The van der Waals surface area contributed by atoms with Crippen LogP contribution in [0.3, 0.4) is 0 Å². The van der Waals surface area contributed by atoms with E-state index in [-0.39, 0.29) is 35.6 Å². The largest absolute Gasteiger partial charge is 0.375 e. The Bertz CT molecular complexity index is 817. The van der Waals surface area contributed by atoms with E-state index in [1.54, 1.807) is 37.6 Å². The first-order valence-corrected chi connectivity index (χ1v) is 9.75. The summed E-state index contributed by atoms with van der Waals surface area (Å²) < 4.78 is 18.9. The predicted octanol–water partition coefficient (Wildman–Crippen LogP) is 3.04. The van der Waals surface area contributed by atoms with E-state index < -0.39 is 11.7 Å². The van der Waals surface area contributed by atoms with Crippen molar-refractivity contribution < 1.29 is 13.9 Å². The summed E-state index contributed by atoms with van der Waals surface area (Å²) in [4.78, 5) is 22.8. The van der Waals surface area contributed by atoms with Crippen LogP contribution in [0.25, 0.3) is 0 Å². The highest BCUT2D eigenvalue weighted by Gasteiger charge is 2.13. The molecule has 0 saturated carbocycles. The Balaban J connectivity index is 0.00000420. The van der Waals surface area contributed by atoms with Crippen LogP contribution in [-0.4, -0.2) is 56.0 Å². The highest BCUT2D eigenvalue weighted by molar-refractivity contribution is 14.0. The Hall–Kier alpha value is -1.79. The molecule has 0 spiro atoms. The van der Waals surface area contributed by atoms with E-state index >= 15 is 0 Å². The molecule has 10 heteroatoms. The Kier molecular flexibility index (Phi) is 11.1. The second kappa shape index (κ2) is 12.7. The summed E-state index contributed by atoms with van der Waals surface area (Å²) >= 11 is 1.57. The Morgan fingerprint density at radius 3 is 2.69 bits per heavy atom. The van der Waals surface area contributed by atoms with Crippen molar-refractivity contribution in [2.45, 2.75) is 19.6 Å². The van der Waals surface area contributed by atoms with Crippen molar-refractivity contribution in [3.8, 4) is 0 Å². The van der Waals surface area contributed by atoms with E-state index in [2.05, 4.69) is 20.6 Å². The van der Waals surface area contributed by atoms with E-state index in [1.807, 2.05) is 24.3 Å². The maximum Gasteiger partial charge on any atom is 0.254 e. The number of amides is 1. The van der Waals surface area contributed by atoms with Gasteiger partial charge in [-0.05, 0) is 19.1 Å². The van der Waals surface area contributed by atoms with Crippen molar-refractivity contribution in [2.75, 3.05) is 34.3 Å². The summed E-state index contributed by atoms with van der Waals surface area (Å²) in [5.41, 5.74) is 0.968. The maximum atomic E-state index is 13.6. The number of halogens is 2. The molecule has 0 saturated heterocycles. The number of ether oxygens (including phenoxy) is 1. The van der Waals surface area contributed by atoms with Gasteiger partial charge in [0.1, 0.15) is 16.9 Å². The first kappa shape index (κ1) is 25.2. The van der Waals surface area contributed by atoms with Crippen LogP contribution < -0.4 is 10.6 Å². The van der Waals surface area contributed by atoms with Gasteiger partial charge in [-0.1, -0.05) is 12.1 Å². The van der Waals surface area contributed by atoms with E-state index in [4.69, 9.17) is 4.74 Å². The van der Waals surface area contributed by atoms with Gasteiger partial charge in [0.2, 0.25) is 0 Å². The topological polar surface area (TPSA) is 78.9 Å². The molecule has 1 unspecified atom stereocenters. The predicted molar refractivity (Wildman–Crippen MR) is 125 cm³/mol. The SMILES string of the molecule is CN=C(NCCNC(=O)c1ccccc1F)N(C)Cc1csc(C(C)OC)n1.I. The van der Waals surface area contributed by atoms with Gasteiger partial charge in [0.15, 0.2) is 5.96 Å². The molecule has 2 N–H and O–H groups in total. The zero-order valence-corrected chi connectivity index (χ0v) is 20.1. The lowest BCUT2D eigenvalue weighted by molar-refractivity contribution is 0.0950. The molecule has 2 rings (SSSR count). The molecular weight excluding hydrogens is 508 g/mol. The minimum absolute atomic E-state index is 0. The van der Waals surface area contributed by atoms with Crippen LogP contribution in [0.5, 0.6) is 0 Å². The molecule has 0 fully saturated rings. The fraction of sp³-hybridized carbons (Fsp3) is 0.421. The van der Waals surface area contributed by atoms with E-state index in [0.717, 1.165) is 10.7 Å². The lowest BCUT2D eigenvalue weighted by atomic mass is 10.2. The third-order valence-electron chi connectivity index (χ3n) is 4.06. The first-order valence-electron chi connectivity index (χ1n) is 8.87. The number of nitrogens with one attached hydrogen (secondary N) is 2. The number of hydrogen-bond acceptors (Lipinski definition) is 5. The summed E-state index contributed by atoms with van der Waals surface area (Å²) in [6.45, 7) is 3.35. The first-order chi connectivity index (χ1) is 13.5. The van der Waals surface area contributed by atoms with Crippen LogP contribution in [0.2, 0.25) is 0 Å². The van der Waals surface area contributed by atoms with Gasteiger partial charge in [-0.25, -0.2) is 9.37 Å². The van der Waals surface area contributed by atoms with Crippen LogP contribution in [0, 0.1) is 5.82 Å². The zero-order valence-electron chi connectivity index (χ0n) is 16.9. The summed E-state index contributed by atoms with van der Waals surface area (Å²) in [5.74, 6) is -0.297. The number of rotatable bonds is 8. The van der Waals surface area contributed by atoms with E-state index in [0.29, 0.717) is 25.6 Å². The van der Waals surface area contributed by atoms with E-state index in [1.165, 1.54) is 12.1 Å². The molecule has 1 aromatic carbocycles. The lowest BCUT2D eigenvalue weighted by Gasteiger charge is -2.21. The number of nitrogens with zero attached hydrogens (tertiary/aromatic N) is 3. The number of aromatic nitrogens is 1. The molecule has 0 radical (unpaired) electrons. The van der Waals surface area contributed by atoms with Gasteiger partial charge in [-0.15, -0.1) is 35.3 Å². The Labute approximate surface area is 191 Å². The third-order valence-corrected chi connectivity index (χ3v) is 5.11. The molecule has 0 bridgehead atoms. The molecule has 160 valence electrons. The van der Waals surface area contributed by atoms with Gasteiger partial charge in [0, 0.05) is 39.7 Å². The average Bonchev–Trinajstić information content (AvgIpc) is 3.15. The second-order valence-electron chi connectivity index (χ2n) is 6.12. The quantitative estimate of drug-likeness (QED) is 0.235. The molecule has 1 atom stereocenters. The molecule has 1 amide bonds. The number of benzene rings is 1. The summed E-state index contributed by atoms with van der Waals surface area (Å²) in [7, 11) is 5.26. The van der Waals surface area contributed by atoms with Gasteiger partial charge in [0.05, 0.1) is 17.8 Å². The smallest absolute Gasteiger partial charge is 0.254 e. The number of hydrogen-bond donors (Lipinski definition) is 2. The van der Waals surface area contributed by atoms with Crippen LogP contribution in [0.1, 0.15) is 34.1 Å². The number of methoxy groups -OCH3 is 1. The van der Waals surface area contributed by atoms with Crippen molar-refractivity contribution in [3.63, 3.8) is 0 Å². The van der Waals surface area contributed by atoms with Crippen LogP contribution in [0.15, 0.2) is 34.6 Å². The molecule has 1 aromatic heterocycles. The van der Waals surface area contributed by atoms with Crippen molar-refractivity contribution in [3.05, 3.63) is 51.7 Å². The van der Waals surface area contributed by atoms with E-state index in [9.17, 15) is 9.18 Å². The average molecular weight is 535 g/mol. The molecular formula is C19H27FIN5O2S. The number of aliphatic imine (C=N–C) groups is 1. The molecule has 0 aliphatic rings. The zero-order chi connectivity index (χ0) is 20.5.